The fraction of sp³-hybridized carbons (Fsp3) is 0.0870. The van der Waals surface area contributed by atoms with Gasteiger partial charge in [-0.05, 0) is 49.4 Å². The molecule has 1 amide bonds. The average Bonchev–Trinajstić information content (AvgIpc) is 3.24. The number of aryl methyl sites for hydroxylation is 1. The van der Waals surface area contributed by atoms with E-state index in [0.717, 1.165) is 5.56 Å². The minimum Gasteiger partial charge on any atom is -0.483 e. The number of carbonyl (C=O) groups is 1. The zero-order valence-corrected chi connectivity index (χ0v) is 16.1. The number of hydrogen-bond acceptors (Lipinski definition) is 5. The predicted molar refractivity (Wildman–Crippen MR) is 110 cm³/mol. The molecule has 30 heavy (non-hydrogen) atoms. The Morgan fingerprint density at radius 3 is 2.67 bits per heavy atom. The Morgan fingerprint density at radius 1 is 1.07 bits per heavy atom. The van der Waals surface area contributed by atoms with Crippen LogP contribution in [-0.2, 0) is 4.79 Å². The summed E-state index contributed by atoms with van der Waals surface area (Å²) in [4.78, 5) is 16.5. The molecule has 1 aromatic heterocycles. The SMILES string of the molecule is Cc1ccc(NC(=O)COc2ccccc2-c2noc(-c3cccc(F)c3)n2)cc1. The Labute approximate surface area is 172 Å². The summed E-state index contributed by atoms with van der Waals surface area (Å²) in [5.74, 6) is 0.223. The van der Waals surface area contributed by atoms with Gasteiger partial charge in [-0.25, -0.2) is 4.39 Å². The third-order valence-electron chi connectivity index (χ3n) is 4.32. The van der Waals surface area contributed by atoms with Crippen molar-refractivity contribution in [3.05, 3.63) is 84.2 Å². The second-order valence-corrected chi connectivity index (χ2v) is 6.63. The van der Waals surface area contributed by atoms with Gasteiger partial charge in [0.2, 0.25) is 5.82 Å². The van der Waals surface area contributed by atoms with Gasteiger partial charge in [0.25, 0.3) is 11.8 Å². The lowest BCUT2D eigenvalue weighted by Gasteiger charge is -2.10. The summed E-state index contributed by atoms with van der Waals surface area (Å²) in [5.41, 5.74) is 2.84. The van der Waals surface area contributed by atoms with E-state index in [2.05, 4.69) is 15.5 Å². The summed E-state index contributed by atoms with van der Waals surface area (Å²) < 4.78 is 24.4. The van der Waals surface area contributed by atoms with Crippen molar-refractivity contribution < 1.29 is 18.4 Å². The van der Waals surface area contributed by atoms with Crippen molar-refractivity contribution in [2.45, 2.75) is 6.92 Å². The van der Waals surface area contributed by atoms with Gasteiger partial charge >= 0.3 is 0 Å². The second-order valence-electron chi connectivity index (χ2n) is 6.63. The number of nitrogens with zero attached hydrogens (tertiary/aromatic N) is 2. The summed E-state index contributed by atoms with van der Waals surface area (Å²) in [6.07, 6.45) is 0. The van der Waals surface area contributed by atoms with Crippen LogP contribution in [0.15, 0.2) is 77.3 Å². The van der Waals surface area contributed by atoms with Gasteiger partial charge in [0.15, 0.2) is 6.61 Å². The molecule has 4 aromatic rings. The van der Waals surface area contributed by atoms with Crippen molar-refractivity contribution in [1.82, 2.24) is 10.1 Å². The largest absolute Gasteiger partial charge is 0.483 e. The molecule has 0 saturated carbocycles. The third kappa shape index (κ3) is 4.52. The number of halogens is 1. The smallest absolute Gasteiger partial charge is 0.262 e. The number of amides is 1. The van der Waals surface area contributed by atoms with E-state index in [1.165, 1.54) is 12.1 Å². The maximum Gasteiger partial charge on any atom is 0.262 e. The molecule has 4 rings (SSSR count). The van der Waals surface area contributed by atoms with Gasteiger partial charge in [-0.1, -0.05) is 41.1 Å². The first kappa shape index (κ1) is 19.3. The highest BCUT2D eigenvalue weighted by atomic mass is 19.1. The summed E-state index contributed by atoms with van der Waals surface area (Å²) in [7, 11) is 0. The number of nitrogens with one attached hydrogen (secondary N) is 1. The molecular formula is C23H18FN3O3. The Bertz CT molecular complexity index is 1170. The Hall–Kier alpha value is -4.00. The molecule has 0 spiro atoms. The Morgan fingerprint density at radius 2 is 1.87 bits per heavy atom. The van der Waals surface area contributed by atoms with Crippen LogP contribution in [0.25, 0.3) is 22.8 Å². The van der Waals surface area contributed by atoms with Gasteiger partial charge in [-0.15, -0.1) is 0 Å². The van der Waals surface area contributed by atoms with Crippen LogP contribution in [0.4, 0.5) is 10.1 Å². The van der Waals surface area contributed by atoms with Crippen LogP contribution >= 0.6 is 0 Å². The number of aromatic nitrogens is 2. The van der Waals surface area contributed by atoms with Gasteiger partial charge in [-0.3, -0.25) is 4.79 Å². The van der Waals surface area contributed by atoms with E-state index in [1.54, 1.807) is 36.4 Å². The van der Waals surface area contributed by atoms with E-state index in [4.69, 9.17) is 9.26 Å². The molecule has 0 fully saturated rings. The van der Waals surface area contributed by atoms with Crippen molar-refractivity contribution in [2.24, 2.45) is 0 Å². The first-order valence-corrected chi connectivity index (χ1v) is 9.27. The van der Waals surface area contributed by atoms with E-state index < -0.39 is 5.82 Å². The minimum absolute atomic E-state index is 0.181. The molecule has 0 bridgehead atoms. The van der Waals surface area contributed by atoms with Crippen molar-refractivity contribution in [2.75, 3.05) is 11.9 Å². The fourth-order valence-electron chi connectivity index (χ4n) is 2.83. The lowest BCUT2D eigenvalue weighted by molar-refractivity contribution is -0.118. The molecular weight excluding hydrogens is 385 g/mol. The number of hydrogen-bond donors (Lipinski definition) is 1. The molecule has 1 N–H and O–H groups in total. The van der Waals surface area contributed by atoms with E-state index in [-0.39, 0.29) is 24.2 Å². The van der Waals surface area contributed by atoms with Crippen LogP contribution in [0.3, 0.4) is 0 Å². The normalized spacial score (nSPS) is 10.6. The highest BCUT2D eigenvalue weighted by Gasteiger charge is 2.15. The minimum atomic E-state index is -0.393. The molecule has 0 saturated heterocycles. The standard InChI is InChI=1S/C23H18FN3O3/c1-15-9-11-18(12-10-15)25-21(28)14-29-20-8-3-2-7-19(20)22-26-23(30-27-22)16-5-4-6-17(24)13-16/h2-13H,14H2,1H3,(H,25,28). The van der Waals surface area contributed by atoms with Gasteiger partial charge in [0.1, 0.15) is 11.6 Å². The molecule has 0 atom stereocenters. The van der Waals surface area contributed by atoms with Crippen molar-refractivity contribution in [3.8, 4) is 28.6 Å². The number of ether oxygens (including phenoxy) is 1. The van der Waals surface area contributed by atoms with Crippen LogP contribution in [0.5, 0.6) is 5.75 Å². The number of benzene rings is 3. The zero-order valence-electron chi connectivity index (χ0n) is 16.1. The molecule has 0 radical (unpaired) electrons. The summed E-state index contributed by atoms with van der Waals surface area (Å²) in [5, 5.41) is 6.75. The van der Waals surface area contributed by atoms with Gasteiger partial charge in [0.05, 0.1) is 5.56 Å². The van der Waals surface area contributed by atoms with E-state index in [9.17, 15) is 9.18 Å². The monoisotopic (exact) mass is 403 g/mol. The molecule has 7 heteroatoms. The maximum atomic E-state index is 13.5. The summed E-state index contributed by atoms with van der Waals surface area (Å²) in [6, 6.07) is 20.4. The van der Waals surface area contributed by atoms with Gasteiger partial charge in [0, 0.05) is 11.3 Å². The van der Waals surface area contributed by atoms with Crippen molar-refractivity contribution >= 4 is 11.6 Å². The molecule has 6 nitrogen and oxygen atoms in total. The average molecular weight is 403 g/mol. The maximum absolute atomic E-state index is 13.5. The fourth-order valence-corrected chi connectivity index (χ4v) is 2.83. The van der Waals surface area contributed by atoms with Crippen LogP contribution in [-0.4, -0.2) is 22.7 Å². The number of para-hydroxylation sites is 1. The summed E-state index contributed by atoms with van der Waals surface area (Å²) in [6.45, 7) is 1.79. The van der Waals surface area contributed by atoms with Gasteiger partial charge < -0.3 is 14.6 Å². The van der Waals surface area contributed by atoms with Crippen molar-refractivity contribution in [3.63, 3.8) is 0 Å². The lowest BCUT2D eigenvalue weighted by atomic mass is 10.2. The van der Waals surface area contributed by atoms with Crippen LogP contribution in [0.1, 0.15) is 5.56 Å². The number of carbonyl (C=O) groups excluding carboxylic acids is 1. The molecule has 1 heterocycles. The highest BCUT2D eigenvalue weighted by molar-refractivity contribution is 5.92. The summed E-state index contributed by atoms with van der Waals surface area (Å²) >= 11 is 0. The predicted octanol–water partition coefficient (Wildman–Crippen LogP) is 4.87. The number of rotatable bonds is 6. The number of anilines is 1. The first-order valence-electron chi connectivity index (χ1n) is 9.27. The van der Waals surface area contributed by atoms with E-state index in [1.807, 2.05) is 31.2 Å². The quantitative estimate of drug-likeness (QED) is 0.497. The highest BCUT2D eigenvalue weighted by Crippen LogP contribution is 2.29. The molecule has 0 aliphatic heterocycles. The first-order chi connectivity index (χ1) is 14.6. The zero-order chi connectivity index (χ0) is 20.9. The molecule has 0 unspecified atom stereocenters. The second kappa shape index (κ2) is 8.57. The lowest BCUT2D eigenvalue weighted by Crippen LogP contribution is -2.20. The topological polar surface area (TPSA) is 77.2 Å². The Balaban J connectivity index is 1.48. The molecule has 150 valence electrons. The van der Waals surface area contributed by atoms with Crippen LogP contribution in [0.2, 0.25) is 0 Å². The van der Waals surface area contributed by atoms with Crippen molar-refractivity contribution in [1.29, 1.82) is 0 Å². The van der Waals surface area contributed by atoms with E-state index in [0.29, 0.717) is 22.6 Å². The molecule has 0 aliphatic carbocycles. The Kier molecular flexibility index (Phi) is 5.52. The van der Waals surface area contributed by atoms with Crippen LogP contribution < -0.4 is 10.1 Å². The van der Waals surface area contributed by atoms with E-state index >= 15 is 0 Å². The molecule has 3 aromatic carbocycles. The third-order valence-corrected chi connectivity index (χ3v) is 4.32. The van der Waals surface area contributed by atoms with Gasteiger partial charge in [-0.2, -0.15) is 4.98 Å². The molecule has 0 aliphatic rings. The van der Waals surface area contributed by atoms with Crippen LogP contribution in [0, 0.1) is 12.7 Å².